The molecule has 0 aliphatic heterocycles. The summed E-state index contributed by atoms with van der Waals surface area (Å²) in [5, 5.41) is 0. The molecule has 0 spiro atoms. The summed E-state index contributed by atoms with van der Waals surface area (Å²) in [5.41, 5.74) is 0. The number of carbonyl (C=O) groups excluding carboxylic acids is 1. The van der Waals surface area contributed by atoms with Gasteiger partial charge in [-0.1, -0.05) is 0 Å². The number of carbonyl (C=O) groups is 1. The molecular formula is C9H16OS2. The number of thioether (sulfide) groups is 2. The van der Waals surface area contributed by atoms with Gasteiger partial charge in [0.25, 0.3) is 0 Å². The van der Waals surface area contributed by atoms with E-state index in [1.165, 1.54) is 6.42 Å². The van der Waals surface area contributed by atoms with Crippen LogP contribution in [0.15, 0.2) is 0 Å². The highest BCUT2D eigenvalue weighted by Crippen LogP contribution is 2.35. The van der Waals surface area contributed by atoms with Crippen molar-refractivity contribution < 1.29 is 4.79 Å². The van der Waals surface area contributed by atoms with Crippen molar-refractivity contribution in [1.82, 2.24) is 0 Å². The quantitative estimate of drug-likeness (QED) is 0.658. The van der Waals surface area contributed by atoms with Crippen molar-refractivity contribution in [1.29, 1.82) is 0 Å². The monoisotopic (exact) mass is 204 g/mol. The van der Waals surface area contributed by atoms with Crippen molar-refractivity contribution in [2.75, 3.05) is 12.5 Å². The molecule has 12 heavy (non-hydrogen) atoms. The molecule has 1 aliphatic carbocycles. The van der Waals surface area contributed by atoms with Crippen molar-refractivity contribution in [3.63, 3.8) is 0 Å². The summed E-state index contributed by atoms with van der Waals surface area (Å²) in [5.74, 6) is 1.11. The predicted octanol–water partition coefficient (Wildman–Crippen LogP) is 2.80. The maximum atomic E-state index is 11.2. The SMILES string of the molecule is CSC(SC)C1CCCC(=O)C1. The highest BCUT2D eigenvalue weighted by molar-refractivity contribution is 8.16. The summed E-state index contributed by atoms with van der Waals surface area (Å²) in [6.45, 7) is 0. The Hall–Kier alpha value is 0.370. The minimum absolute atomic E-state index is 0.472. The Morgan fingerprint density at radius 1 is 1.42 bits per heavy atom. The van der Waals surface area contributed by atoms with Gasteiger partial charge in [0, 0.05) is 12.8 Å². The maximum Gasteiger partial charge on any atom is 0.133 e. The molecule has 1 aliphatic rings. The van der Waals surface area contributed by atoms with E-state index < -0.39 is 0 Å². The molecule has 0 radical (unpaired) electrons. The number of hydrogen-bond acceptors (Lipinski definition) is 3. The minimum atomic E-state index is 0.472. The van der Waals surface area contributed by atoms with Gasteiger partial charge in [0.05, 0.1) is 4.58 Å². The van der Waals surface area contributed by atoms with Crippen LogP contribution in [0.1, 0.15) is 25.7 Å². The second-order valence-corrected chi connectivity index (χ2v) is 5.49. The molecule has 1 unspecified atom stereocenters. The third-order valence-electron chi connectivity index (χ3n) is 2.37. The van der Waals surface area contributed by atoms with Crippen LogP contribution in [0.2, 0.25) is 0 Å². The van der Waals surface area contributed by atoms with Crippen molar-refractivity contribution in [2.24, 2.45) is 5.92 Å². The summed E-state index contributed by atoms with van der Waals surface area (Å²) in [6, 6.07) is 0. The molecule has 0 aromatic rings. The average Bonchev–Trinajstić information content (AvgIpc) is 2.07. The van der Waals surface area contributed by atoms with Gasteiger partial charge in [0.1, 0.15) is 5.78 Å². The molecule has 1 saturated carbocycles. The molecule has 0 heterocycles. The summed E-state index contributed by atoms with van der Waals surface area (Å²) in [7, 11) is 0. The van der Waals surface area contributed by atoms with Gasteiger partial charge in [0.15, 0.2) is 0 Å². The van der Waals surface area contributed by atoms with Crippen LogP contribution < -0.4 is 0 Å². The summed E-state index contributed by atoms with van der Waals surface area (Å²) in [4.78, 5) is 11.2. The summed E-state index contributed by atoms with van der Waals surface area (Å²) in [6.07, 6.45) is 8.29. The van der Waals surface area contributed by atoms with E-state index in [0.717, 1.165) is 19.3 Å². The number of rotatable bonds is 3. The van der Waals surface area contributed by atoms with Crippen LogP contribution in [0, 0.1) is 5.92 Å². The molecule has 0 amide bonds. The fraction of sp³-hybridized carbons (Fsp3) is 0.889. The molecule has 1 nitrogen and oxygen atoms in total. The number of ketones is 1. The van der Waals surface area contributed by atoms with Crippen molar-refractivity contribution in [3.8, 4) is 0 Å². The first kappa shape index (κ1) is 10.5. The zero-order valence-electron chi connectivity index (χ0n) is 7.71. The number of hydrogen-bond donors (Lipinski definition) is 0. The van der Waals surface area contributed by atoms with E-state index in [-0.39, 0.29) is 0 Å². The van der Waals surface area contributed by atoms with Gasteiger partial charge in [-0.25, -0.2) is 0 Å². The topological polar surface area (TPSA) is 17.1 Å². The highest BCUT2D eigenvalue weighted by atomic mass is 32.2. The molecule has 1 atom stereocenters. The van der Waals surface area contributed by atoms with Crippen LogP contribution in [-0.4, -0.2) is 22.9 Å². The van der Waals surface area contributed by atoms with E-state index in [9.17, 15) is 4.79 Å². The van der Waals surface area contributed by atoms with E-state index in [2.05, 4.69) is 12.5 Å². The standard InChI is InChI=1S/C9H16OS2/c1-11-9(12-2)7-4-3-5-8(10)6-7/h7,9H,3-6H2,1-2H3. The van der Waals surface area contributed by atoms with Crippen molar-refractivity contribution in [2.45, 2.75) is 30.3 Å². The van der Waals surface area contributed by atoms with Crippen LogP contribution in [0.4, 0.5) is 0 Å². The van der Waals surface area contributed by atoms with Crippen LogP contribution in [0.5, 0.6) is 0 Å². The lowest BCUT2D eigenvalue weighted by atomic mass is 9.90. The molecule has 1 rings (SSSR count). The van der Waals surface area contributed by atoms with Crippen LogP contribution in [-0.2, 0) is 4.79 Å². The molecule has 1 fully saturated rings. The zero-order chi connectivity index (χ0) is 8.97. The Kier molecular flexibility index (Phi) is 4.51. The molecule has 3 heteroatoms. The van der Waals surface area contributed by atoms with Crippen LogP contribution >= 0.6 is 23.5 Å². The second kappa shape index (κ2) is 5.18. The third kappa shape index (κ3) is 2.70. The van der Waals surface area contributed by atoms with Crippen molar-refractivity contribution >= 4 is 29.3 Å². The fourth-order valence-corrected chi connectivity index (χ4v) is 3.78. The molecule has 0 saturated heterocycles. The van der Waals surface area contributed by atoms with Crippen LogP contribution in [0.3, 0.4) is 0 Å². The van der Waals surface area contributed by atoms with E-state index in [0.29, 0.717) is 16.3 Å². The molecular weight excluding hydrogens is 188 g/mol. The Morgan fingerprint density at radius 2 is 2.08 bits per heavy atom. The smallest absolute Gasteiger partial charge is 0.133 e. The third-order valence-corrected chi connectivity index (χ3v) is 5.22. The minimum Gasteiger partial charge on any atom is -0.300 e. The second-order valence-electron chi connectivity index (χ2n) is 3.23. The summed E-state index contributed by atoms with van der Waals surface area (Å²) >= 11 is 3.78. The average molecular weight is 204 g/mol. The van der Waals surface area contributed by atoms with Crippen LogP contribution in [0.25, 0.3) is 0 Å². The fourth-order valence-electron chi connectivity index (χ4n) is 1.77. The Balaban J connectivity index is 2.43. The van der Waals surface area contributed by atoms with Crippen molar-refractivity contribution in [3.05, 3.63) is 0 Å². The Bertz CT molecular complexity index is 155. The molecule has 0 aromatic heterocycles. The molecule has 70 valence electrons. The Labute approximate surface area is 83.1 Å². The van der Waals surface area contributed by atoms with E-state index in [1.54, 1.807) is 0 Å². The first-order valence-corrected chi connectivity index (χ1v) is 6.92. The zero-order valence-corrected chi connectivity index (χ0v) is 9.34. The maximum absolute atomic E-state index is 11.2. The van der Waals surface area contributed by atoms with Gasteiger partial charge >= 0.3 is 0 Å². The lowest BCUT2D eigenvalue weighted by Crippen LogP contribution is -2.22. The van der Waals surface area contributed by atoms with Gasteiger partial charge < -0.3 is 0 Å². The van der Waals surface area contributed by atoms with E-state index >= 15 is 0 Å². The Morgan fingerprint density at radius 3 is 2.58 bits per heavy atom. The molecule has 0 aromatic carbocycles. The first-order valence-electron chi connectivity index (χ1n) is 4.35. The predicted molar refractivity (Wildman–Crippen MR) is 57.8 cm³/mol. The molecule has 0 N–H and O–H groups in total. The first-order chi connectivity index (χ1) is 5.77. The summed E-state index contributed by atoms with van der Waals surface area (Å²) < 4.78 is 0.634. The normalized spacial score (nSPS) is 24.9. The molecule has 0 bridgehead atoms. The lowest BCUT2D eigenvalue weighted by molar-refractivity contribution is -0.121. The van der Waals surface area contributed by atoms with Gasteiger partial charge in [-0.05, 0) is 31.3 Å². The van der Waals surface area contributed by atoms with Gasteiger partial charge in [-0.2, -0.15) is 23.5 Å². The largest absolute Gasteiger partial charge is 0.300 e. The van der Waals surface area contributed by atoms with Gasteiger partial charge in [0.2, 0.25) is 0 Å². The highest BCUT2D eigenvalue weighted by Gasteiger charge is 2.25. The lowest BCUT2D eigenvalue weighted by Gasteiger charge is -2.26. The van der Waals surface area contributed by atoms with E-state index in [1.807, 2.05) is 23.5 Å². The number of Topliss-reactive ketones (excluding diaryl/α,β-unsaturated/α-hetero) is 1. The van der Waals surface area contributed by atoms with Gasteiger partial charge in [-0.3, -0.25) is 4.79 Å². The van der Waals surface area contributed by atoms with Gasteiger partial charge in [-0.15, -0.1) is 0 Å². The van der Waals surface area contributed by atoms with E-state index in [4.69, 9.17) is 0 Å².